The van der Waals surface area contributed by atoms with Crippen LogP contribution in [0.4, 0.5) is 0 Å². The summed E-state index contributed by atoms with van der Waals surface area (Å²) in [4.78, 5) is 24.0. The van der Waals surface area contributed by atoms with Crippen molar-refractivity contribution >= 4 is 16.9 Å². The van der Waals surface area contributed by atoms with E-state index >= 15 is 0 Å². The predicted molar refractivity (Wildman–Crippen MR) is 81.0 cm³/mol. The van der Waals surface area contributed by atoms with Gasteiger partial charge in [0.2, 0.25) is 16.9 Å². The molecule has 22 heavy (non-hydrogen) atoms. The van der Waals surface area contributed by atoms with Crippen molar-refractivity contribution in [1.29, 1.82) is 0 Å². The highest BCUT2D eigenvalue weighted by atomic mass is 16.5. The van der Waals surface area contributed by atoms with E-state index in [0.717, 1.165) is 11.1 Å². The molecule has 3 rings (SSSR count). The van der Waals surface area contributed by atoms with Gasteiger partial charge in [0.1, 0.15) is 5.58 Å². The van der Waals surface area contributed by atoms with Gasteiger partial charge in [-0.3, -0.25) is 9.59 Å². The van der Waals surface area contributed by atoms with Crippen LogP contribution < -0.4 is 10.2 Å². The van der Waals surface area contributed by atoms with Gasteiger partial charge in [0.15, 0.2) is 5.76 Å². The average molecular weight is 298 g/mol. The van der Waals surface area contributed by atoms with Gasteiger partial charge in [-0.25, -0.2) is 0 Å². The van der Waals surface area contributed by atoms with E-state index in [9.17, 15) is 9.59 Å². The summed E-state index contributed by atoms with van der Waals surface area (Å²) in [5.41, 5.74) is 1.99. The summed E-state index contributed by atoms with van der Waals surface area (Å²) in [6.07, 6.45) is 1.46. The van der Waals surface area contributed by atoms with Crippen LogP contribution in [0.1, 0.15) is 18.1 Å². The van der Waals surface area contributed by atoms with Crippen molar-refractivity contribution in [2.75, 3.05) is 0 Å². The van der Waals surface area contributed by atoms with Gasteiger partial charge < -0.3 is 13.6 Å². The van der Waals surface area contributed by atoms with Gasteiger partial charge in [-0.15, -0.1) is 0 Å². The fourth-order valence-corrected chi connectivity index (χ4v) is 2.24. The molecule has 2 heterocycles. The van der Waals surface area contributed by atoms with Gasteiger partial charge in [0, 0.05) is 6.92 Å². The molecule has 0 unspecified atom stereocenters. The fourth-order valence-electron chi connectivity index (χ4n) is 2.24. The molecule has 0 aliphatic heterocycles. The lowest BCUT2D eigenvalue weighted by Gasteiger charge is -2.09. The number of carbonyl (C=O) groups is 1. The number of ether oxygens (including phenoxy) is 1. The molecule has 0 saturated heterocycles. The first-order valence-corrected chi connectivity index (χ1v) is 6.77. The summed E-state index contributed by atoms with van der Waals surface area (Å²) in [7, 11) is 0. The number of aryl methyl sites for hydroxylation is 2. The second-order valence-corrected chi connectivity index (χ2v) is 5.09. The van der Waals surface area contributed by atoms with Crippen molar-refractivity contribution in [3.8, 4) is 17.3 Å². The maximum Gasteiger partial charge on any atom is 0.308 e. The molecule has 0 atom stereocenters. The van der Waals surface area contributed by atoms with Crippen molar-refractivity contribution < 1.29 is 18.4 Å². The van der Waals surface area contributed by atoms with Crippen molar-refractivity contribution in [3.05, 3.63) is 51.9 Å². The minimum absolute atomic E-state index is 0.112. The third-order valence-corrected chi connectivity index (χ3v) is 3.46. The molecular formula is C17H14O5. The number of hydrogen-bond acceptors (Lipinski definition) is 5. The second kappa shape index (κ2) is 5.18. The van der Waals surface area contributed by atoms with Crippen LogP contribution in [0.15, 0.2) is 44.2 Å². The number of benzene rings is 1. The first-order valence-electron chi connectivity index (χ1n) is 6.77. The summed E-state index contributed by atoms with van der Waals surface area (Å²) in [6.45, 7) is 5.07. The zero-order valence-electron chi connectivity index (χ0n) is 12.4. The van der Waals surface area contributed by atoms with Crippen LogP contribution in [0.5, 0.6) is 5.75 Å². The van der Waals surface area contributed by atoms with E-state index < -0.39 is 11.4 Å². The molecule has 5 nitrogen and oxygen atoms in total. The first-order chi connectivity index (χ1) is 10.5. The maximum atomic E-state index is 12.7. The second-order valence-electron chi connectivity index (χ2n) is 5.09. The number of carbonyl (C=O) groups excluding carboxylic acids is 1. The zero-order valence-corrected chi connectivity index (χ0v) is 12.4. The fraction of sp³-hybridized carbons (Fsp3) is 0.176. The number of hydrogen-bond donors (Lipinski definition) is 0. The number of rotatable bonds is 2. The summed E-state index contributed by atoms with van der Waals surface area (Å²) < 4.78 is 16.1. The van der Waals surface area contributed by atoms with Gasteiger partial charge in [0.25, 0.3) is 0 Å². The highest BCUT2D eigenvalue weighted by Gasteiger charge is 2.21. The highest BCUT2D eigenvalue weighted by Crippen LogP contribution is 2.32. The number of furan rings is 1. The number of esters is 1. The van der Waals surface area contributed by atoms with Gasteiger partial charge in [-0.2, -0.15) is 0 Å². The van der Waals surface area contributed by atoms with Gasteiger partial charge in [-0.05, 0) is 49.2 Å². The lowest BCUT2D eigenvalue weighted by atomic mass is 10.1. The molecular weight excluding hydrogens is 284 g/mol. The van der Waals surface area contributed by atoms with Crippen LogP contribution in [0, 0.1) is 13.8 Å². The highest BCUT2D eigenvalue weighted by molar-refractivity contribution is 5.84. The van der Waals surface area contributed by atoms with E-state index in [1.807, 2.05) is 13.8 Å². The Hall–Kier alpha value is -2.82. The molecule has 0 radical (unpaired) electrons. The normalized spacial score (nSPS) is 10.9. The molecule has 112 valence electrons. The SMILES string of the molecule is CC(=O)Oc1c(-c2ccco2)oc2cc(C)c(C)cc2c1=O. The standard InChI is InChI=1S/C17H14O5/c1-9-7-12-14(8-10(9)2)22-16(13-5-4-6-20-13)17(15(12)19)21-11(3)18/h4-8H,1-3H3. The molecule has 0 saturated carbocycles. The van der Waals surface area contributed by atoms with E-state index in [2.05, 4.69) is 0 Å². The topological polar surface area (TPSA) is 69.7 Å². The average Bonchev–Trinajstić information content (AvgIpc) is 2.98. The smallest absolute Gasteiger partial charge is 0.308 e. The van der Waals surface area contributed by atoms with E-state index in [1.165, 1.54) is 13.2 Å². The van der Waals surface area contributed by atoms with Crippen molar-refractivity contribution in [2.45, 2.75) is 20.8 Å². The van der Waals surface area contributed by atoms with Crippen LogP contribution in [0.3, 0.4) is 0 Å². The van der Waals surface area contributed by atoms with Crippen LogP contribution in [-0.2, 0) is 4.79 Å². The van der Waals surface area contributed by atoms with Crippen molar-refractivity contribution in [3.63, 3.8) is 0 Å². The van der Waals surface area contributed by atoms with E-state index in [4.69, 9.17) is 13.6 Å². The van der Waals surface area contributed by atoms with E-state index in [-0.39, 0.29) is 11.5 Å². The molecule has 5 heteroatoms. The van der Waals surface area contributed by atoms with Crippen LogP contribution in [0.25, 0.3) is 22.5 Å². The Bertz CT molecular complexity index is 916. The van der Waals surface area contributed by atoms with Gasteiger partial charge >= 0.3 is 5.97 Å². The van der Waals surface area contributed by atoms with Crippen LogP contribution in [0.2, 0.25) is 0 Å². The monoisotopic (exact) mass is 298 g/mol. The molecule has 2 aromatic heterocycles. The molecule has 0 fully saturated rings. The molecule has 0 N–H and O–H groups in total. The van der Waals surface area contributed by atoms with E-state index in [1.54, 1.807) is 24.3 Å². The Kier molecular flexibility index (Phi) is 3.33. The Morgan fingerprint density at radius 3 is 2.55 bits per heavy atom. The largest absolute Gasteiger partial charge is 0.461 e. The summed E-state index contributed by atoms with van der Waals surface area (Å²) >= 11 is 0. The third-order valence-electron chi connectivity index (χ3n) is 3.46. The molecule has 1 aromatic carbocycles. The van der Waals surface area contributed by atoms with Gasteiger partial charge in [-0.1, -0.05) is 0 Å². The van der Waals surface area contributed by atoms with E-state index in [0.29, 0.717) is 16.7 Å². The summed E-state index contributed by atoms with van der Waals surface area (Å²) in [5, 5.41) is 0.370. The summed E-state index contributed by atoms with van der Waals surface area (Å²) in [5.74, 6) is -0.309. The quantitative estimate of drug-likeness (QED) is 0.676. The van der Waals surface area contributed by atoms with Crippen molar-refractivity contribution in [1.82, 2.24) is 0 Å². The molecule has 0 amide bonds. The first kappa shape index (κ1) is 14.1. The minimum atomic E-state index is -0.594. The molecule has 0 aliphatic rings. The predicted octanol–water partition coefficient (Wildman–Crippen LogP) is 3.60. The van der Waals surface area contributed by atoms with Crippen molar-refractivity contribution in [2.24, 2.45) is 0 Å². The molecule has 0 aliphatic carbocycles. The lowest BCUT2D eigenvalue weighted by molar-refractivity contribution is -0.132. The summed E-state index contributed by atoms with van der Waals surface area (Å²) in [6, 6.07) is 6.82. The Balaban J connectivity index is 2.39. The molecule has 3 aromatic rings. The Labute approximate surface area is 126 Å². The Morgan fingerprint density at radius 1 is 1.18 bits per heavy atom. The number of fused-ring (bicyclic) bond motifs is 1. The molecule has 0 spiro atoms. The molecule has 0 bridgehead atoms. The van der Waals surface area contributed by atoms with Crippen LogP contribution in [-0.4, -0.2) is 5.97 Å². The lowest BCUT2D eigenvalue weighted by Crippen LogP contribution is -2.13. The van der Waals surface area contributed by atoms with Crippen LogP contribution >= 0.6 is 0 Å². The Morgan fingerprint density at radius 2 is 1.91 bits per heavy atom. The zero-order chi connectivity index (χ0) is 15.9. The van der Waals surface area contributed by atoms with Gasteiger partial charge in [0.05, 0.1) is 11.6 Å². The third kappa shape index (κ3) is 2.30. The minimum Gasteiger partial charge on any atom is -0.461 e. The maximum absolute atomic E-state index is 12.7.